The number of piperazine rings is 1. The van der Waals surface area contributed by atoms with E-state index in [2.05, 4.69) is 19.9 Å². The third-order valence-electron chi connectivity index (χ3n) is 6.70. The van der Waals surface area contributed by atoms with Crippen LogP contribution in [0, 0.1) is 13.8 Å². The van der Waals surface area contributed by atoms with Crippen molar-refractivity contribution in [1.82, 2.24) is 15.2 Å². The van der Waals surface area contributed by atoms with E-state index in [1.807, 2.05) is 25.7 Å². The molecule has 1 aliphatic heterocycles. The van der Waals surface area contributed by atoms with Gasteiger partial charge >= 0.3 is 5.97 Å². The average Bonchev–Trinajstić information content (AvgIpc) is 2.88. The fourth-order valence-corrected chi connectivity index (χ4v) is 5.50. The molecule has 38 heavy (non-hydrogen) atoms. The van der Waals surface area contributed by atoms with Crippen LogP contribution < -0.4 is 14.9 Å². The molecule has 0 unspecified atom stereocenters. The molecule has 1 aromatic heterocycles. The first kappa shape index (κ1) is 27.3. The van der Waals surface area contributed by atoms with E-state index in [4.69, 9.17) is 0 Å². The van der Waals surface area contributed by atoms with Crippen molar-refractivity contribution in [3.05, 3.63) is 59.2 Å². The number of hydrogen-bond acceptors (Lipinski definition) is 7. The number of aryl methyl sites for hydroxylation is 2. The Labute approximate surface area is 222 Å². The summed E-state index contributed by atoms with van der Waals surface area (Å²) in [6, 6.07) is 11.1. The lowest BCUT2D eigenvalue weighted by atomic mass is 10.1. The van der Waals surface area contributed by atoms with Crippen molar-refractivity contribution in [2.45, 2.75) is 32.1 Å². The lowest BCUT2D eigenvalue weighted by molar-refractivity contribution is -0.122. The Kier molecular flexibility index (Phi) is 8.17. The fraction of sp³-hybridized carbons (Fsp3) is 0.370. The highest BCUT2D eigenvalue weighted by Gasteiger charge is 2.23. The van der Waals surface area contributed by atoms with Crippen molar-refractivity contribution in [2.24, 2.45) is 0 Å². The predicted octanol–water partition coefficient (Wildman–Crippen LogP) is 3.00. The monoisotopic (exact) mass is 539 g/mol. The van der Waals surface area contributed by atoms with Gasteiger partial charge < -0.3 is 15.3 Å². The highest BCUT2D eigenvalue weighted by atomic mass is 32.2. The zero-order valence-electron chi connectivity index (χ0n) is 21.8. The minimum atomic E-state index is -3.86. The predicted molar refractivity (Wildman–Crippen MR) is 147 cm³/mol. The summed E-state index contributed by atoms with van der Waals surface area (Å²) < 4.78 is 28.4. The number of anilines is 2. The van der Waals surface area contributed by atoms with Gasteiger partial charge in [0.25, 0.3) is 10.0 Å². The number of carbonyl (C=O) groups is 2. The van der Waals surface area contributed by atoms with Crippen molar-refractivity contribution in [3.63, 3.8) is 0 Å². The Morgan fingerprint density at radius 1 is 1.00 bits per heavy atom. The molecule has 11 heteroatoms. The molecule has 1 amide bonds. The van der Waals surface area contributed by atoms with Crippen molar-refractivity contribution in [3.8, 4) is 0 Å². The van der Waals surface area contributed by atoms with Gasteiger partial charge in [-0.05, 0) is 67.8 Å². The number of fused-ring (bicyclic) bond motifs is 1. The Balaban J connectivity index is 1.54. The van der Waals surface area contributed by atoms with Gasteiger partial charge in [0.1, 0.15) is 5.82 Å². The maximum absolute atomic E-state index is 12.9. The molecule has 0 spiro atoms. The molecule has 0 saturated carbocycles. The van der Waals surface area contributed by atoms with Gasteiger partial charge in [0.15, 0.2) is 0 Å². The van der Waals surface area contributed by atoms with Crippen LogP contribution in [0.1, 0.15) is 34.8 Å². The zero-order valence-corrected chi connectivity index (χ0v) is 22.6. The molecule has 1 saturated heterocycles. The number of aromatic nitrogens is 1. The Hall–Kier alpha value is -3.70. The smallest absolute Gasteiger partial charge is 0.336 e. The van der Waals surface area contributed by atoms with Gasteiger partial charge in [-0.15, -0.1) is 0 Å². The van der Waals surface area contributed by atoms with Crippen molar-refractivity contribution < 1.29 is 23.1 Å². The number of carboxylic acids is 1. The minimum Gasteiger partial charge on any atom is -0.478 e. The van der Waals surface area contributed by atoms with Crippen molar-refractivity contribution in [2.75, 3.05) is 48.9 Å². The summed E-state index contributed by atoms with van der Waals surface area (Å²) >= 11 is 0. The van der Waals surface area contributed by atoms with E-state index in [9.17, 15) is 23.1 Å². The Morgan fingerprint density at radius 2 is 1.74 bits per heavy atom. The second-order valence-corrected chi connectivity index (χ2v) is 11.2. The van der Waals surface area contributed by atoms with Crippen LogP contribution in [0.3, 0.4) is 0 Å². The molecule has 4 rings (SSSR count). The number of sulfonamides is 1. The van der Waals surface area contributed by atoms with Crippen molar-refractivity contribution >= 4 is 44.3 Å². The number of pyridine rings is 1. The number of carbonyl (C=O) groups excluding carboxylic acids is 1. The maximum atomic E-state index is 12.9. The minimum absolute atomic E-state index is 0.00114. The van der Waals surface area contributed by atoms with Crippen LogP contribution in [0.5, 0.6) is 0 Å². The summed E-state index contributed by atoms with van der Waals surface area (Å²) in [6.45, 7) is 9.26. The molecule has 1 aliphatic rings. The molecule has 1 fully saturated rings. The SMILES string of the molecule is CCCNC(=O)CN1CCN(c2cc(C(=O)O)c3cc(NS(=O)(=O)c4ccc(C)c(C)c4)ccc3n2)CC1. The van der Waals surface area contributed by atoms with E-state index < -0.39 is 16.0 Å². The summed E-state index contributed by atoms with van der Waals surface area (Å²) in [7, 11) is -3.86. The van der Waals surface area contributed by atoms with Gasteiger partial charge in [-0.25, -0.2) is 18.2 Å². The third kappa shape index (κ3) is 6.22. The summed E-state index contributed by atoms with van der Waals surface area (Å²) in [5.41, 5.74) is 2.59. The molecule has 0 radical (unpaired) electrons. The molecular weight excluding hydrogens is 506 g/mol. The highest BCUT2D eigenvalue weighted by molar-refractivity contribution is 7.92. The van der Waals surface area contributed by atoms with Crippen LogP contribution in [0.4, 0.5) is 11.5 Å². The number of carboxylic acid groups (broad SMARTS) is 1. The quantitative estimate of drug-likeness (QED) is 0.378. The lowest BCUT2D eigenvalue weighted by Crippen LogP contribution is -2.49. The molecule has 0 bridgehead atoms. The van der Waals surface area contributed by atoms with Crippen LogP contribution >= 0.6 is 0 Å². The van der Waals surface area contributed by atoms with Gasteiger partial charge in [0, 0.05) is 43.8 Å². The highest BCUT2D eigenvalue weighted by Crippen LogP contribution is 2.28. The first-order valence-corrected chi connectivity index (χ1v) is 14.1. The van der Waals surface area contributed by atoms with Gasteiger partial charge in [-0.3, -0.25) is 14.4 Å². The summed E-state index contributed by atoms with van der Waals surface area (Å²) in [4.78, 5) is 33.1. The number of aromatic carboxylic acids is 1. The van der Waals surface area contributed by atoms with Crippen LogP contribution in [0.25, 0.3) is 10.9 Å². The molecule has 2 aromatic carbocycles. The van der Waals surface area contributed by atoms with E-state index in [0.717, 1.165) is 17.5 Å². The Bertz CT molecular complexity index is 1470. The number of rotatable bonds is 9. The number of nitrogens with one attached hydrogen (secondary N) is 2. The summed E-state index contributed by atoms with van der Waals surface area (Å²) in [5, 5.41) is 13.2. The molecule has 2 heterocycles. The van der Waals surface area contributed by atoms with Crippen LogP contribution in [-0.4, -0.2) is 74.6 Å². The molecular formula is C27H33N5O5S. The standard InChI is InChI=1S/C27H33N5O5S/c1-4-9-28-26(33)17-31-10-12-32(13-11-31)25-16-23(27(34)35)22-15-20(6-8-24(22)29-25)30-38(36,37)21-7-5-18(2)19(3)14-21/h5-8,14-16,30H,4,9-13,17H2,1-3H3,(H,28,33)(H,34,35). The topological polar surface area (TPSA) is 132 Å². The van der Waals surface area contributed by atoms with E-state index in [1.54, 1.807) is 30.3 Å². The van der Waals surface area contributed by atoms with E-state index in [0.29, 0.717) is 56.0 Å². The second-order valence-electron chi connectivity index (χ2n) is 9.53. The van der Waals surface area contributed by atoms with Gasteiger partial charge in [-0.2, -0.15) is 0 Å². The second kappa shape index (κ2) is 11.4. The number of hydrogen-bond donors (Lipinski definition) is 3. The lowest BCUT2D eigenvalue weighted by Gasteiger charge is -2.35. The summed E-state index contributed by atoms with van der Waals surface area (Å²) in [6.07, 6.45) is 0.888. The van der Waals surface area contributed by atoms with Crippen LogP contribution in [0.2, 0.25) is 0 Å². The molecule has 10 nitrogen and oxygen atoms in total. The number of benzene rings is 2. The zero-order chi connectivity index (χ0) is 27.4. The van der Waals surface area contributed by atoms with E-state index >= 15 is 0 Å². The van der Waals surface area contributed by atoms with Crippen LogP contribution in [0.15, 0.2) is 47.4 Å². The molecule has 202 valence electrons. The summed E-state index contributed by atoms with van der Waals surface area (Å²) in [5.74, 6) is -0.589. The number of nitrogens with zero attached hydrogens (tertiary/aromatic N) is 3. The number of amides is 1. The third-order valence-corrected chi connectivity index (χ3v) is 8.08. The largest absolute Gasteiger partial charge is 0.478 e. The Morgan fingerprint density at radius 3 is 2.39 bits per heavy atom. The van der Waals surface area contributed by atoms with Crippen molar-refractivity contribution in [1.29, 1.82) is 0 Å². The van der Waals surface area contributed by atoms with E-state index in [-0.39, 0.29) is 22.1 Å². The maximum Gasteiger partial charge on any atom is 0.336 e. The van der Waals surface area contributed by atoms with Gasteiger partial charge in [0.05, 0.1) is 22.5 Å². The average molecular weight is 540 g/mol. The first-order valence-electron chi connectivity index (χ1n) is 12.6. The normalized spacial score (nSPS) is 14.4. The van der Waals surface area contributed by atoms with E-state index in [1.165, 1.54) is 12.1 Å². The van der Waals surface area contributed by atoms with Gasteiger partial charge in [0.2, 0.25) is 5.91 Å². The molecule has 0 atom stereocenters. The molecule has 0 aliphatic carbocycles. The first-order chi connectivity index (χ1) is 18.1. The van der Waals surface area contributed by atoms with Crippen LogP contribution in [-0.2, 0) is 14.8 Å². The molecule has 3 N–H and O–H groups in total. The van der Waals surface area contributed by atoms with Gasteiger partial charge in [-0.1, -0.05) is 13.0 Å². The molecule has 3 aromatic rings. The fourth-order valence-electron chi connectivity index (χ4n) is 4.37.